The van der Waals surface area contributed by atoms with Crippen LogP contribution < -0.4 is 10.1 Å². The molecule has 2 heterocycles. The van der Waals surface area contributed by atoms with E-state index in [1.54, 1.807) is 26.5 Å². The van der Waals surface area contributed by atoms with Gasteiger partial charge in [0.1, 0.15) is 0 Å². The molecule has 3 rings (SSSR count). The standard InChI is InChI=1S/C17H18ClN5O2/c1-23(2)17(24)21-7-11-4-10-5-13(18)12(6-14(10)22-11)15-8-20-16(25-3)9-19-15/h4-6,8-9,22H,7H2,1-3H3,(H,21,24). The lowest BCUT2D eigenvalue weighted by Crippen LogP contribution is -2.33. The zero-order valence-electron chi connectivity index (χ0n) is 14.1. The number of amides is 2. The van der Waals surface area contributed by atoms with Crippen LogP contribution in [0.1, 0.15) is 5.69 Å². The normalized spacial score (nSPS) is 10.7. The number of carbonyl (C=O) groups is 1. The van der Waals surface area contributed by atoms with Crippen LogP contribution in [-0.4, -0.2) is 47.1 Å². The molecule has 0 bridgehead atoms. The Morgan fingerprint density at radius 3 is 2.72 bits per heavy atom. The Kier molecular flexibility index (Phi) is 4.76. The molecule has 7 nitrogen and oxygen atoms in total. The summed E-state index contributed by atoms with van der Waals surface area (Å²) in [5.41, 5.74) is 3.23. The average molecular weight is 360 g/mol. The minimum atomic E-state index is -0.147. The number of nitrogens with one attached hydrogen (secondary N) is 2. The van der Waals surface area contributed by atoms with E-state index in [9.17, 15) is 4.79 Å². The largest absolute Gasteiger partial charge is 0.480 e. The second-order valence-corrected chi connectivity index (χ2v) is 6.12. The predicted molar refractivity (Wildman–Crippen MR) is 96.8 cm³/mol. The van der Waals surface area contributed by atoms with E-state index < -0.39 is 0 Å². The molecule has 0 aliphatic rings. The highest BCUT2D eigenvalue weighted by Crippen LogP contribution is 2.31. The summed E-state index contributed by atoms with van der Waals surface area (Å²) in [6.45, 7) is 0.404. The lowest BCUT2D eigenvalue weighted by Gasteiger charge is -2.10. The van der Waals surface area contributed by atoms with E-state index in [4.69, 9.17) is 16.3 Å². The first kappa shape index (κ1) is 17.0. The van der Waals surface area contributed by atoms with Gasteiger partial charge in [-0.15, -0.1) is 0 Å². The van der Waals surface area contributed by atoms with Crippen LogP contribution in [0.5, 0.6) is 5.88 Å². The highest BCUT2D eigenvalue weighted by Gasteiger charge is 2.11. The van der Waals surface area contributed by atoms with Crippen LogP contribution in [0.15, 0.2) is 30.6 Å². The lowest BCUT2D eigenvalue weighted by atomic mass is 10.1. The van der Waals surface area contributed by atoms with Gasteiger partial charge in [0, 0.05) is 36.3 Å². The predicted octanol–water partition coefficient (Wildman–Crippen LogP) is 3.06. The SMILES string of the molecule is COc1cnc(-c2cc3[nH]c(CNC(=O)N(C)C)cc3cc2Cl)cn1. The molecule has 0 unspecified atom stereocenters. The van der Waals surface area contributed by atoms with E-state index in [1.165, 1.54) is 12.0 Å². The van der Waals surface area contributed by atoms with Crippen molar-refractivity contribution in [3.63, 3.8) is 0 Å². The smallest absolute Gasteiger partial charge is 0.317 e. The fraction of sp³-hybridized carbons (Fsp3) is 0.235. The Labute approximate surface area is 150 Å². The Balaban J connectivity index is 1.89. The van der Waals surface area contributed by atoms with Crippen molar-refractivity contribution in [2.45, 2.75) is 6.54 Å². The van der Waals surface area contributed by atoms with Gasteiger partial charge < -0.3 is 19.9 Å². The minimum absolute atomic E-state index is 0.147. The first-order valence-corrected chi connectivity index (χ1v) is 7.98. The molecule has 0 atom stereocenters. The molecule has 0 saturated heterocycles. The maximum Gasteiger partial charge on any atom is 0.317 e. The third-order valence-electron chi connectivity index (χ3n) is 3.71. The number of fused-ring (bicyclic) bond motifs is 1. The third-order valence-corrected chi connectivity index (χ3v) is 4.03. The van der Waals surface area contributed by atoms with Gasteiger partial charge in [-0.1, -0.05) is 11.6 Å². The second kappa shape index (κ2) is 6.98. The molecule has 130 valence electrons. The maximum atomic E-state index is 11.6. The highest BCUT2D eigenvalue weighted by atomic mass is 35.5. The zero-order chi connectivity index (χ0) is 18.0. The summed E-state index contributed by atoms with van der Waals surface area (Å²) in [6, 6.07) is 5.60. The fourth-order valence-corrected chi connectivity index (χ4v) is 2.66. The van der Waals surface area contributed by atoms with Gasteiger partial charge in [0.05, 0.1) is 36.8 Å². The molecular weight excluding hydrogens is 342 g/mol. The molecule has 0 saturated carbocycles. The number of aromatic nitrogens is 3. The maximum absolute atomic E-state index is 11.6. The molecule has 2 N–H and O–H groups in total. The van der Waals surface area contributed by atoms with Crippen molar-refractivity contribution in [1.82, 2.24) is 25.2 Å². The molecule has 0 radical (unpaired) electrons. The van der Waals surface area contributed by atoms with E-state index in [2.05, 4.69) is 20.3 Å². The van der Waals surface area contributed by atoms with Crippen molar-refractivity contribution >= 4 is 28.5 Å². The summed E-state index contributed by atoms with van der Waals surface area (Å²) < 4.78 is 5.02. The van der Waals surface area contributed by atoms with Crippen LogP contribution in [0, 0.1) is 0 Å². The van der Waals surface area contributed by atoms with Crippen molar-refractivity contribution in [3.05, 3.63) is 41.3 Å². The Morgan fingerprint density at radius 1 is 1.28 bits per heavy atom. The molecule has 1 aromatic carbocycles. The van der Waals surface area contributed by atoms with E-state index in [1.807, 2.05) is 18.2 Å². The quantitative estimate of drug-likeness (QED) is 0.750. The van der Waals surface area contributed by atoms with E-state index in [0.717, 1.165) is 22.2 Å². The number of nitrogens with zero attached hydrogens (tertiary/aromatic N) is 3. The monoisotopic (exact) mass is 359 g/mol. The fourth-order valence-electron chi connectivity index (χ4n) is 2.39. The number of urea groups is 1. The summed E-state index contributed by atoms with van der Waals surface area (Å²) >= 11 is 6.40. The number of hydrogen-bond donors (Lipinski definition) is 2. The van der Waals surface area contributed by atoms with Crippen molar-refractivity contribution in [1.29, 1.82) is 0 Å². The second-order valence-electron chi connectivity index (χ2n) is 5.71. The zero-order valence-corrected chi connectivity index (χ0v) is 14.9. The number of halogens is 1. The van der Waals surface area contributed by atoms with Crippen LogP contribution in [-0.2, 0) is 6.54 Å². The summed E-state index contributed by atoms with van der Waals surface area (Å²) in [5.74, 6) is 0.444. The third kappa shape index (κ3) is 3.66. The molecule has 8 heteroatoms. The summed E-state index contributed by atoms with van der Waals surface area (Å²) in [4.78, 5) is 24.9. The minimum Gasteiger partial charge on any atom is -0.480 e. The molecule has 2 amide bonds. The highest BCUT2D eigenvalue weighted by molar-refractivity contribution is 6.34. The molecule has 0 aliphatic heterocycles. The molecule has 0 aliphatic carbocycles. The van der Waals surface area contributed by atoms with Crippen LogP contribution in [0.25, 0.3) is 22.2 Å². The average Bonchev–Trinajstić information content (AvgIpc) is 3.00. The van der Waals surface area contributed by atoms with Crippen molar-refractivity contribution in [2.75, 3.05) is 21.2 Å². The van der Waals surface area contributed by atoms with Gasteiger partial charge in [-0.3, -0.25) is 0 Å². The number of H-pyrrole nitrogens is 1. The number of hydrogen-bond acceptors (Lipinski definition) is 4. The van der Waals surface area contributed by atoms with Crippen molar-refractivity contribution < 1.29 is 9.53 Å². The topological polar surface area (TPSA) is 83.1 Å². The number of rotatable bonds is 4. The van der Waals surface area contributed by atoms with E-state index in [-0.39, 0.29) is 6.03 Å². The van der Waals surface area contributed by atoms with Gasteiger partial charge in [-0.2, -0.15) is 0 Å². The number of ether oxygens (including phenoxy) is 1. The number of aromatic amines is 1. The molecule has 0 fully saturated rings. The molecule has 2 aromatic heterocycles. The van der Waals surface area contributed by atoms with Crippen LogP contribution in [0.4, 0.5) is 4.79 Å². The molecule has 3 aromatic rings. The summed E-state index contributed by atoms with van der Waals surface area (Å²) in [6.07, 6.45) is 3.17. The van der Waals surface area contributed by atoms with Crippen molar-refractivity contribution in [3.8, 4) is 17.1 Å². The van der Waals surface area contributed by atoms with Gasteiger partial charge in [0.25, 0.3) is 0 Å². The van der Waals surface area contributed by atoms with Gasteiger partial charge in [0.15, 0.2) is 0 Å². The van der Waals surface area contributed by atoms with Crippen LogP contribution in [0.3, 0.4) is 0 Å². The van der Waals surface area contributed by atoms with Crippen molar-refractivity contribution in [2.24, 2.45) is 0 Å². The van der Waals surface area contributed by atoms with Gasteiger partial charge >= 0.3 is 6.03 Å². The number of methoxy groups -OCH3 is 1. The first-order valence-electron chi connectivity index (χ1n) is 7.60. The van der Waals surface area contributed by atoms with Gasteiger partial charge in [0.2, 0.25) is 5.88 Å². The molecule has 25 heavy (non-hydrogen) atoms. The van der Waals surface area contributed by atoms with E-state index >= 15 is 0 Å². The number of carbonyl (C=O) groups excluding carboxylic acids is 1. The van der Waals surface area contributed by atoms with Gasteiger partial charge in [-0.25, -0.2) is 14.8 Å². The summed E-state index contributed by atoms with van der Waals surface area (Å²) in [5, 5.41) is 4.36. The number of benzene rings is 1. The molecule has 0 spiro atoms. The molecular formula is C17H18ClN5O2. The Hall–Kier alpha value is -2.80. The van der Waals surface area contributed by atoms with Crippen LogP contribution >= 0.6 is 11.6 Å². The van der Waals surface area contributed by atoms with E-state index in [0.29, 0.717) is 23.1 Å². The Morgan fingerprint density at radius 2 is 2.08 bits per heavy atom. The Bertz CT molecular complexity index is 905. The first-order chi connectivity index (χ1) is 12.0. The van der Waals surface area contributed by atoms with Gasteiger partial charge in [-0.05, 0) is 18.2 Å². The lowest BCUT2D eigenvalue weighted by molar-refractivity contribution is 0.217. The summed E-state index contributed by atoms with van der Waals surface area (Å²) in [7, 11) is 4.93. The van der Waals surface area contributed by atoms with Crippen LogP contribution in [0.2, 0.25) is 5.02 Å².